The van der Waals surface area contributed by atoms with Gasteiger partial charge < -0.3 is 4.90 Å². The predicted octanol–water partition coefficient (Wildman–Crippen LogP) is 3.43. The van der Waals surface area contributed by atoms with E-state index in [1.807, 2.05) is 30.3 Å². The van der Waals surface area contributed by atoms with Gasteiger partial charge in [-0.3, -0.25) is 19.6 Å². The summed E-state index contributed by atoms with van der Waals surface area (Å²) in [4.78, 5) is 38.4. The summed E-state index contributed by atoms with van der Waals surface area (Å²) in [6.07, 6.45) is 1.29. The van der Waals surface area contributed by atoms with Crippen LogP contribution < -0.4 is 5.48 Å². The molecule has 142 valence electrons. The van der Waals surface area contributed by atoms with Gasteiger partial charge in [-0.2, -0.15) is 0 Å². The highest BCUT2D eigenvalue weighted by Crippen LogP contribution is 2.33. The maximum absolute atomic E-state index is 12.3. The van der Waals surface area contributed by atoms with Crippen molar-refractivity contribution in [2.24, 2.45) is 0 Å². The molecule has 1 atom stereocenters. The first-order valence-electron chi connectivity index (χ1n) is 8.51. The lowest BCUT2D eigenvalue weighted by Gasteiger charge is -2.26. The SMILES string of the molecule is O=Cc1cc(-c2ccccc2)sc1CN(C=O)[C@@H](C(=O)NO)c1ccccc1. The van der Waals surface area contributed by atoms with Gasteiger partial charge in [0, 0.05) is 15.3 Å². The number of hydrogen-bond donors (Lipinski definition) is 2. The number of nitrogens with zero attached hydrogens (tertiary/aromatic N) is 1. The third-order valence-corrected chi connectivity index (χ3v) is 5.48. The minimum Gasteiger partial charge on any atom is -0.324 e. The summed E-state index contributed by atoms with van der Waals surface area (Å²) in [5.41, 5.74) is 3.60. The van der Waals surface area contributed by atoms with E-state index in [-0.39, 0.29) is 6.54 Å². The highest BCUT2D eigenvalue weighted by atomic mass is 32.1. The lowest BCUT2D eigenvalue weighted by atomic mass is 10.0. The number of amides is 2. The van der Waals surface area contributed by atoms with Crippen molar-refractivity contribution in [2.75, 3.05) is 0 Å². The fraction of sp³-hybridized carbons (Fsp3) is 0.0952. The molecule has 3 aromatic rings. The number of carbonyl (C=O) groups is 3. The van der Waals surface area contributed by atoms with Crippen LogP contribution in [-0.4, -0.2) is 28.7 Å². The number of aldehydes is 1. The van der Waals surface area contributed by atoms with Gasteiger partial charge in [-0.25, -0.2) is 5.48 Å². The third kappa shape index (κ3) is 4.16. The average molecular weight is 394 g/mol. The summed E-state index contributed by atoms with van der Waals surface area (Å²) in [7, 11) is 0. The fourth-order valence-corrected chi connectivity index (χ4v) is 4.10. The molecule has 1 heterocycles. The number of hydroxylamine groups is 1. The topological polar surface area (TPSA) is 86.7 Å². The van der Waals surface area contributed by atoms with Crippen molar-refractivity contribution in [3.8, 4) is 10.4 Å². The molecular formula is C21H18N2O4S. The van der Waals surface area contributed by atoms with E-state index in [1.54, 1.807) is 41.9 Å². The lowest BCUT2D eigenvalue weighted by Crippen LogP contribution is -2.38. The maximum Gasteiger partial charge on any atom is 0.270 e. The van der Waals surface area contributed by atoms with Crippen molar-refractivity contribution in [2.45, 2.75) is 12.6 Å². The lowest BCUT2D eigenvalue weighted by molar-refractivity contribution is -0.139. The van der Waals surface area contributed by atoms with Crippen molar-refractivity contribution in [1.29, 1.82) is 0 Å². The molecule has 0 aliphatic heterocycles. The monoisotopic (exact) mass is 394 g/mol. The first-order chi connectivity index (χ1) is 13.7. The molecule has 0 saturated carbocycles. The van der Waals surface area contributed by atoms with Crippen LogP contribution in [0.4, 0.5) is 0 Å². The molecule has 0 aliphatic rings. The number of hydrogen-bond acceptors (Lipinski definition) is 5. The second kappa shape index (κ2) is 9.07. The number of nitrogens with one attached hydrogen (secondary N) is 1. The smallest absolute Gasteiger partial charge is 0.270 e. The Bertz CT molecular complexity index is 957. The zero-order valence-corrected chi connectivity index (χ0v) is 15.6. The predicted molar refractivity (Wildman–Crippen MR) is 106 cm³/mol. The van der Waals surface area contributed by atoms with Crippen LogP contribution in [0.3, 0.4) is 0 Å². The molecule has 28 heavy (non-hydrogen) atoms. The van der Waals surface area contributed by atoms with Crippen molar-refractivity contribution in [1.82, 2.24) is 10.4 Å². The fourth-order valence-electron chi connectivity index (χ4n) is 2.96. The number of benzene rings is 2. The molecule has 1 aromatic heterocycles. The quantitative estimate of drug-likeness (QED) is 0.348. The van der Waals surface area contributed by atoms with E-state index < -0.39 is 11.9 Å². The van der Waals surface area contributed by atoms with Crippen molar-refractivity contribution >= 4 is 29.9 Å². The van der Waals surface area contributed by atoms with Gasteiger partial charge in [0.1, 0.15) is 6.04 Å². The summed E-state index contributed by atoms with van der Waals surface area (Å²) < 4.78 is 0. The van der Waals surface area contributed by atoms with Gasteiger partial charge in [-0.15, -0.1) is 11.3 Å². The first kappa shape index (κ1) is 19.5. The first-order valence-corrected chi connectivity index (χ1v) is 9.32. The van der Waals surface area contributed by atoms with Crippen LogP contribution in [0.2, 0.25) is 0 Å². The van der Waals surface area contributed by atoms with E-state index in [4.69, 9.17) is 5.21 Å². The highest BCUT2D eigenvalue weighted by Gasteiger charge is 2.28. The Kier molecular flexibility index (Phi) is 6.31. The molecular weight excluding hydrogens is 376 g/mol. The van der Waals surface area contributed by atoms with Crippen LogP contribution in [0.1, 0.15) is 26.8 Å². The van der Waals surface area contributed by atoms with Gasteiger partial charge >= 0.3 is 0 Å². The van der Waals surface area contributed by atoms with Gasteiger partial charge in [0.2, 0.25) is 6.41 Å². The minimum absolute atomic E-state index is 0.0576. The second-order valence-corrected chi connectivity index (χ2v) is 7.18. The Hall–Kier alpha value is -3.29. The van der Waals surface area contributed by atoms with Crippen LogP contribution in [0, 0.1) is 0 Å². The van der Waals surface area contributed by atoms with Crippen molar-refractivity contribution in [3.05, 3.63) is 82.7 Å². The average Bonchev–Trinajstić information content (AvgIpc) is 3.17. The van der Waals surface area contributed by atoms with Gasteiger partial charge in [-0.05, 0) is 17.2 Å². The molecule has 0 spiro atoms. The molecule has 0 fully saturated rings. The van der Waals surface area contributed by atoms with Crippen molar-refractivity contribution in [3.63, 3.8) is 0 Å². The summed E-state index contributed by atoms with van der Waals surface area (Å²) in [5.74, 6) is -0.731. The Labute approximate surface area is 166 Å². The molecule has 0 aliphatic carbocycles. The molecule has 6 nitrogen and oxygen atoms in total. The Morgan fingerprint density at radius 2 is 1.71 bits per heavy atom. The molecule has 2 aromatic carbocycles. The van der Waals surface area contributed by atoms with Crippen LogP contribution in [-0.2, 0) is 16.1 Å². The largest absolute Gasteiger partial charge is 0.324 e. The van der Waals surface area contributed by atoms with Crippen LogP contribution >= 0.6 is 11.3 Å². The second-order valence-electron chi connectivity index (χ2n) is 6.04. The Morgan fingerprint density at radius 1 is 1.07 bits per heavy atom. The van der Waals surface area contributed by atoms with Crippen LogP contribution in [0.5, 0.6) is 0 Å². The highest BCUT2D eigenvalue weighted by molar-refractivity contribution is 7.15. The van der Waals surface area contributed by atoms with E-state index >= 15 is 0 Å². The standard InChI is InChI=1S/C21H18N2O4S/c24-13-17-11-18(15-7-3-1-4-8-15)28-19(17)12-23(14-25)20(21(26)22-27)16-9-5-2-6-10-16/h1-11,13-14,20,27H,12H2,(H,22,26)/t20-/m1/s1. The number of thiophene rings is 1. The molecule has 0 bridgehead atoms. The van der Waals surface area contributed by atoms with E-state index in [1.165, 1.54) is 16.2 Å². The summed E-state index contributed by atoms with van der Waals surface area (Å²) in [6, 6.07) is 19.0. The Balaban J connectivity index is 1.95. The maximum atomic E-state index is 12.3. The van der Waals surface area contributed by atoms with Crippen LogP contribution in [0.15, 0.2) is 66.7 Å². The summed E-state index contributed by atoms with van der Waals surface area (Å²) in [6.45, 7) is 0.0576. The van der Waals surface area contributed by atoms with Crippen LogP contribution in [0.25, 0.3) is 10.4 Å². The molecule has 0 saturated heterocycles. The van der Waals surface area contributed by atoms with E-state index in [0.717, 1.165) is 16.7 Å². The molecule has 0 radical (unpaired) electrons. The molecule has 0 unspecified atom stereocenters. The van der Waals surface area contributed by atoms with Gasteiger partial charge in [0.05, 0.1) is 6.54 Å². The third-order valence-electron chi connectivity index (χ3n) is 4.29. The minimum atomic E-state index is -1.02. The van der Waals surface area contributed by atoms with E-state index in [2.05, 4.69) is 0 Å². The zero-order chi connectivity index (χ0) is 19.9. The van der Waals surface area contributed by atoms with Crippen molar-refractivity contribution < 1.29 is 19.6 Å². The molecule has 3 rings (SSSR count). The summed E-state index contributed by atoms with van der Waals surface area (Å²) in [5, 5.41) is 9.13. The number of carbonyl (C=O) groups excluding carboxylic acids is 3. The normalized spacial score (nSPS) is 11.5. The molecule has 7 heteroatoms. The Morgan fingerprint density at radius 3 is 2.29 bits per heavy atom. The molecule has 2 amide bonds. The summed E-state index contributed by atoms with van der Waals surface area (Å²) >= 11 is 1.39. The van der Waals surface area contributed by atoms with E-state index in [0.29, 0.717) is 22.4 Å². The van der Waals surface area contributed by atoms with Gasteiger partial charge in [-0.1, -0.05) is 60.7 Å². The van der Waals surface area contributed by atoms with Gasteiger partial charge in [0.25, 0.3) is 5.91 Å². The molecule has 2 N–H and O–H groups in total. The number of rotatable bonds is 8. The van der Waals surface area contributed by atoms with E-state index in [9.17, 15) is 14.4 Å². The van der Waals surface area contributed by atoms with Gasteiger partial charge in [0.15, 0.2) is 6.29 Å². The zero-order valence-electron chi connectivity index (χ0n) is 14.8.